The van der Waals surface area contributed by atoms with E-state index < -0.39 is 23.9 Å². The molecule has 144 valence electrons. The SMILES string of the molecule is COc1ccc(C[C@@H]2C(=O)OC[C@H]2[C@H](O)c2ccc(OC)c(O)c2)cc1O. The number of hydrogen-bond donors (Lipinski definition) is 3. The molecule has 0 bridgehead atoms. The quantitative estimate of drug-likeness (QED) is 0.666. The van der Waals surface area contributed by atoms with E-state index in [0.29, 0.717) is 23.5 Å². The molecule has 0 aromatic heterocycles. The summed E-state index contributed by atoms with van der Waals surface area (Å²) < 4.78 is 15.2. The first-order valence-corrected chi connectivity index (χ1v) is 8.52. The number of aliphatic hydroxyl groups is 1. The second kappa shape index (κ2) is 7.75. The average molecular weight is 374 g/mol. The normalized spacial score (nSPS) is 20.2. The molecular weight excluding hydrogens is 352 g/mol. The number of carbonyl (C=O) groups excluding carboxylic acids is 1. The van der Waals surface area contributed by atoms with Crippen LogP contribution in [0.15, 0.2) is 36.4 Å². The van der Waals surface area contributed by atoms with Crippen LogP contribution < -0.4 is 9.47 Å². The summed E-state index contributed by atoms with van der Waals surface area (Å²) in [5, 5.41) is 30.6. The summed E-state index contributed by atoms with van der Waals surface area (Å²) in [7, 11) is 2.90. The number of aromatic hydroxyl groups is 2. The van der Waals surface area contributed by atoms with Crippen molar-refractivity contribution >= 4 is 5.97 Å². The van der Waals surface area contributed by atoms with E-state index in [1.165, 1.54) is 26.4 Å². The summed E-state index contributed by atoms with van der Waals surface area (Å²) in [4.78, 5) is 12.2. The van der Waals surface area contributed by atoms with Gasteiger partial charge in [0.05, 0.1) is 32.8 Å². The molecule has 1 aliphatic rings. The second-order valence-electron chi connectivity index (χ2n) is 6.49. The van der Waals surface area contributed by atoms with Gasteiger partial charge in [0.15, 0.2) is 23.0 Å². The Balaban J connectivity index is 1.81. The van der Waals surface area contributed by atoms with Gasteiger partial charge < -0.3 is 29.5 Å². The Labute approximate surface area is 156 Å². The maximum atomic E-state index is 12.2. The summed E-state index contributed by atoms with van der Waals surface area (Å²) in [6.07, 6.45) is -0.689. The molecule has 3 N–H and O–H groups in total. The van der Waals surface area contributed by atoms with Gasteiger partial charge in [-0.1, -0.05) is 12.1 Å². The van der Waals surface area contributed by atoms with E-state index in [0.717, 1.165) is 5.56 Å². The van der Waals surface area contributed by atoms with Crippen LogP contribution in [0, 0.1) is 11.8 Å². The molecule has 2 aromatic rings. The summed E-state index contributed by atoms with van der Waals surface area (Å²) in [5.74, 6) is -0.902. The number of carbonyl (C=O) groups is 1. The molecule has 0 spiro atoms. The van der Waals surface area contributed by atoms with Crippen molar-refractivity contribution in [3.05, 3.63) is 47.5 Å². The summed E-state index contributed by atoms with van der Waals surface area (Å²) >= 11 is 0. The van der Waals surface area contributed by atoms with E-state index in [2.05, 4.69) is 0 Å². The van der Waals surface area contributed by atoms with E-state index in [4.69, 9.17) is 14.2 Å². The van der Waals surface area contributed by atoms with E-state index >= 15 is 0 Å². The van der Waals surface area contributed by atoms with Crippen molar-refractivity contribution in [2.45, 2.75) is 12.5 Å². The molecule has 1 saturated heterocycles. The monoisotopic (exact) mass is 374 g/mol. The van der Waals surface area contributed by atoms with Crippen LogP contribution in [-0.4, -0.2) is 42.1 Å². The molecule has 0 unspecified atom stereocenters. The smallest absolute Gasteiger partial charge is 0.309 e. The van der Waals surface area contributed by atoms with Crippen molar-refractivity contribution in [2.75, 3.05) is 20.8 Å². The second-order valence-corrected chi connectivity index (χ2v) is 6.49. The molecule has 1 heterocycles. The minimum atomic E-state index is -0.995. The van der Waals surface area contributed by atoms with Crippen LogP contribution in [0.5, 0.6) is 23.0 Å². The van der Waals surface area contributed by atoms with E-state index in [-0.39, 0.29) is 18.1 Å². The molecule has 0 amide bonds. The lowest BCUT2D eigenvalue weighted by Crippen LogP contribution is -2.24. The van der Waals surface area contributed by atoms with Crippen LogP contribution in [0.3, 0.4) is 0 Å². The highest BCUT2D eigenvalue weighted by molar-refractivity contribution is 5.75. The lowest BCUT2D eigenvalue weighted by molar-refractivity contribution is -0.141. The Bertz CT molecular complexity index is 833. The highest BCUT2D eigenvalue weighted by atomic mass is 16.5. The first kappa shape index (κ1) is 18.8. The number of hydrogen-bond acceptors (Lipinski definition) is 7. The fourth-order valence-corrected chi connectivity index (χ4v) is 3.38. The third kappa shape index (κ3) is 3.78. The maximum absolute atomic E-state index is 12.2. The van der Waals surface area contributed by atoms with Crippen molar-refractivity contribution in [3.8, 4) is 23.0 Å². The molecule has 2 aromatic carbocycles. The van der Waals surface area contributed by atoms with Gasteiger partial charge in [-0.3, -0.25) is 4.79 Å². The zero-order chi connectivity index (χ0) is 19.6. The van der Waals surface area contributed by atoms with Crippen LogP contribution >= 0.6 is 0 Å². The van der Waals surface area contributed by atoms with E-state index in [9.17, 15) is 20.1 Å². The number of rotatable bonds is 6. The van der Waals surface area contributed by atoms with E-state index in [1.807, 2.05) is 0 Å². The Morgan fingerprint density at radius 1 is 1.07 bits per heavy atom. The van der Waals surface area contributed by atoms with Crippen molar-refractivity contribution < 1.29 is 34.3 Å². The molecule has 0 saturated carbocycles. The van der Waals surface area contributed by atoms with Gasteiger partial charge in [-0.15, -0.1) is 0 Å². The van der Waals surface area contributed by atoms with Crippen LogP contribution in [-0.2, 0) is 16.0 Å². The average Bonchev–Trinajstić information content (AvgIpc) is 3.01. The highest BCUT2D eigenvalue weighted by Gasteiger charge is 2.41. The van der Waals surface area contributed by atoms with Crippen LogP contribution in [0.4, 0.5) is 0 Å². The Morgan fingerprint density at radius 2 is 1.70 bits per heavy atom. The van der Waals surface area contributed by atoms with Gasteiger partial charge in [0.25, 0.3) is 0 Å². The van der Waals surface area contributed by atoms with Crippen LogP contribution in [0.1, 0.15) is 17.2 Å². The van der Waals surface area contributed by atoms with Crippen molar-refractivity contribution in [1.29, 1.82) is 0 Å². The molecule has 7 heteroatoms. The fourth-order valence-electron chi connectivity index (χ4n) is 3.38. The first-order chi connectivity index (χ1) is 12.9. The number of methoxy groups -OCH3 is 2. The van der Waals surface area contributed by atoms with Crippen LogP contribution in [0.2, 0.25) is 0 Å². The first-order valence-electron chi connectivity index (χ1n) is 8.52. The molecular formula is C20H22O7. The standard InChI is InChI=1S/C20H22O7/c1-25-17-5-3-11(8-15(17)21)7-13-14(10-27-20(13)24)19(23)12-4-6-18(26-2)16(22)9-12/h3-6,8-9,13-14,19,21-23H,7,10H2,1-2H3/t13-,14+,19+/m0/s1. The van der Waals surface area contributed by atoms with Gasteiger partial charge in [0, 0.05) is 5.92 Å². The minimum Gasteiger partial charge on any atom is -0.504 e. The van der Waals surface area contributed by atoms with Gasteiger partial charge in [-0.05, 0) is 41.8 Å². The van der Waals surface area contributed by atoms with Crippen molar-refractivity contribution in [1.82, 2.24) is 0 Å². The molecule has 3 atom stereocenters. The van der Waals surface area contributed by atoms with Crippen molar-refractivity contribution in [2.24, 2.45) is 11.8 Å². The maximum Gasteiger partial charge on any atom is 0.309 e. The minimum absolute atomic E-state index is 0.0152. The summed E-state index contributed by atoms with van der Waals surface area (Å²) in [6.45, 7) is 0.0829. The van der Waals surface area contributed by atoms with Gasteiger partial charge in [-0.25, -0.2) is 0 Å². The molecule has 3 rings (SSSR count). The largest absolute Gasteiger partial charge is 0.504 e. The predicted octanol–water partition coefficient (Wildman–Crippen LogP) is 2.18. The number of phenols is 2. The van der Waals surface area contributed by atoms with Gasteiger partial charge in [0.2, 0.25) is 0 Å². The van der Waals surface area contributed by atoms with Crippen LogP contribution in [0.25, 0.3) is 0 Å². The number of aliphatic hydroxyl groups excluding tert-OH is 1. The summed E-state index contributed by atoms with van der Waals surface area (Å²) in [6, 6.07) is 9.53. The van der Waals surface area contributed by atoms with Gasteiger partial charge in [0.1, 0.15) is 0 Å². The third-order valence-corrected chi connectivity index (χ3v) is 4.89. The molecule has 1 aliphatic heterocycles. The molecule has 1 fully saturated rings. The van der Waals surface area contributed by atoms with Gasteiger partial charge in [-0.2, -0.15) is 0 Å². The molecule has 7 nitrogen and oxygen atoms in total. The Morgan fingerprint density at radius 3 is 2.30 bits per heavy atom. The number of cyclic esters (lactones) is 1. The topological polar surface area (TPSA) is 105 Å². The fraction of sp³-hybridized carbons (Fsp3) is 0.350. The summed E-state index contributed by atoms with van der Waals surface area (Å²) in [5.41, 5.74) is 1.20. The van der Waals surface area contributed by atoms with E-state index in [1.54, 1.807) is 24.3 Å². The number of ether oxygens (including phenoxy) is 3. The zero-order valence-corrected chi connectivity index (χ0v) is 15.1. The Hall–Kier alpha value is -2.93. The lowest BCUT2D eigenvalue weighted by atomic mass is 9.83. The number of phenolic OH excluding ortho intramolecular Hbond substituents is 2. The highest BCUT2D eigenvalue weighted by Crippen LogP contribution is 2.39. The lowest BCUT2D eigenvalue weighted by Gasteiger charge is -2.22. The third-order valence-electron chi connectivity index (χ3n) is 4.89. The molecule has 27 heavy (non-hydrogen) atoms. The number of benzene rings is 2. The van der Waals surface area contributed by atoms with Gasteiger partial charge >= 0.3 is 5.97 Å². The zero-order valence-electron chi connectivity index (χ0n) is 15.1. The Kier molecular flexibility index (Phi) is 5.41. The predicted molar refractivity (Wildman–Crippen MR) is 95.9 cm³/mol. The van der Waals surface area contributed by atoms with Crippen molar-refractivity contribution in [3.63, 3.8) is 0 Å². The number of esters is 1. The molecule has 0 radical (unpaired) electrons. The molecule has 0 aliphatic carbocycles.